The number of hydrogen-bond donors (Lipinski definition) is 1. The number of rotatable bonds is 1. The van der Waals surface area contributed by atoms with Crippen LogP contribution in [0.2, 0.25) is 0 Å². The van der Waals surface area contributed by atoms with E-state index < -0.39 is 0 Å². The summed E-state index contributed by atoms with van der Waals surface area (Å²) in [5.41, 5.74) is 10.0. The number of nitrogens with two attached hydrogens (primary N) is 1. The third kappa shape index (κ3) is 2.37. The van der Waals surface area contributed by atoms with Crippen LogP contribution in [0.1, 0.15) is 20.3 Å². The zero-order chi connectivity index (χ0) is 10.6. The molecule has 0 aromatic heterocycles. The standard InChI is InChI=1S/C12H14N2/c1-9-5-6-11(4-3-7-13)8-10(2)12(9)14/h3-5,8H,6,14H2,1-2H3/b4-3+. The molecule has 2 N–H and O–H groups in total. The highest BCUT2D eigenvalue weighted by molar-refractivity contribution is 5.43. The van der Waals surface area contributed by atoms with Crippen molar-refractivity contribution in [2.45, 2.75) is 20.3 Å². The van der Waals surface area contributed by atoms with Gasteiger partial charge in [0.05, 0.1) is 6.07 Å². The lowest BCUT2D eigenvalue weighted by Crippen LogP contribution is -2.00. The number of nitrogens with zero attached hydrogens (tertiary/aromatic N) is 1. The van der Waals surface area contributed by atoms with Crippen LogP contribution in [0.25, 0.3) is 0 Å². The highest BCUT2D eigenvalue weighted by Crippen LogP contribution is 2.20. The van der Waals surface area contributed by atoms with Gasteiger partial charge in [0, 0.05) is 11.8 Å². The highest BCUT2D eigenvalue weighted by atomic mass is 14.6. The fraction of sp³-hybridized carbons (Fsp3) is 0.250. The quantitative estimate of drug-likeness (QED) is 0.640. The predicted octanol–water partition coefficient (Wildman–Crippen LogP) is 2.58. The van der Waals surface area contributed by atoms with Crippen LogP contribution >= 0.6 is 0 Å². The second-order valence-electron chi connectivity index (χ2n) is 3.37. The fourth-order valence-corrected chi connectivity index (χ4v) is 1.37. The van der Waals surface area contributed by atoms with Gasteiger partial charge >= 0.3 is 0 Å². The lowest BCUT2D eigenvalue weighted by molar-refractivity contribution is 1.22. The lowest BCUT2D eigenvalue weighted by atomic mass is 10.1. The van der Waals surface area contributed by atoms with Crippen LogP contribution in [0.15, 0.2) is 46.7 Å². The Hall–Kier alpha value is -1.75. The molecule has 2 nitrogen and oxygen atoms in total. The zero-order valence-corrected chi connectivity index (χ0v) is 8.54. The van der Waals surface area contributed by atoms with E-state index in [0.717, 1.165) is 28.8 Å². The molecule has 0 unspecified atom stereocenters. The summed E-state index contributed by atoms with van der Waals surface area (Å²) in [7, 11) is 0. The van der Waals surface area contributed by atoms with Crippen molar-refractivity contribution >= 4 is 0 Å². The van der Waals surface area contributed by atoms with Crippen molar-refractivity contribution in [2.24, 2.45) is 5.73 Å². The molecular formula is C12H14N2. The molecule has 0 bridgehead atoms. The third-order valence-electron chi connectivity index (χ3n) is 2.27. The molecule has 1 aliphatic carbocycles. The molecule has 0 spiro atoms. The molecular weight excluding hydrogens is 172 g/mol. The zero-order valence-electron chi connectivity index (χ0n) is 8.54. The summed E-state index contributed by atoms with van der Waals surface area (Å²) in [5.74, 6) is 0. The molecule has 0 radical (unpaired) electrons. The number of nitriles is 1. The van der Waals surface area contributed by atoms with E-state index >= 15 is 0 Å². The van der Waals surface area contributed by atoms with Crippen LogP contribution < -0.4 is 5.73 Å². The van der Waals surface area contributed by atoms with E-state index in [-0.39, 0.29) is 0 Å². The summed E-state index contributed by atoms with van der Waals surface area (Å²) in [6, 6.07) is 1.98. The van der Waals surface area contributed by atoms with Crippen LogP contribution in [-0.2, 0) is 0 Å². The van der Waals surface area contributed by atoms with Crippen LogP contribution in [0.3, 0.4) is 0 Å². The predicted molar refractivity (Wildman–Crippen MR) is 58.1 cm³/mol. The van der Waals surface area contributed by atoms with Gasteiger partial charge in [0.1, 0.15) is 0 Å². The van der Waals surface area contributed by atoms with Gasteiger partial charge in [-0.2, -0.15) is 5.26 Å². The van der Waals surface area contributed by atoms with Gasteiger partial charge in [0.15, 0.2) is 0 Å². The van der Waals surface area contributed by atoms with Crippen LogP contribution in [0.4, 0.5) is 0 Å². The van der Waals surface area contributed by atoms with Gasteiger partial charge in [0.25, 0.3) is 0 Å². The second-order valence-corrected chi connectivity index (χ2v) is 3.37. The molecule has 0 heterocycles. The normalized spacial score (nSPS) is 17.5. The van der Waals surface area contributed by atoms with Crippen molar-refractivity contribution in [2.75, 3.05) is 0 Å². The van der Waals surface area contributed by atoms with E-state index in [1.54, 1.807) is 0 Å². The summed E-state index contributed by atoms with van der Waals surface area (Å²) in [5, 5.41) is 8.42. The monoisotopic (exact) mass is 186 g/mol. The lowest BCUT2D eigenvalue weighted by Gasteiger charge is -2.01. The Morgan fingerprint density at radius 2 is 2.21 bits per heavy atom. The molecule has 0 atom stereocenters. The van der Waals surface area contributed by atoms with Crippen LogP contribution in [0, 0.1) is 11.3 Å². The topological polar surface area (TPSA) is 49.8 Å². The Labute approximate surface area is 84.7 Å². The summed E-state index contributed by atoms with van der Waals surface area (Å²) in [4.78, 5) is 0. The van der Waals surface area contributed by atoms with Gasteiger partial charge in [-0.3, -0.25) is 0 Å². The summed E-state index contributed by atoms with van der Waals surface area (Å²) in [6.07, 6.45) is 8.26. The molecule has 0 aliphatic heterocycles. The first kappa shape index (κ1) is 10.3. The average Bonchev–Trinajstić information content (AvgIpc) is 2.29. The van der Waals surface area contributed by atoms with Gasteiger partial charge in [-0.25, -0.2) is 0 Å². The van der Waals surface area contributed by atoms with Crippen molar-refractivity contribution in [1.82, 2.24) is 0 Å². The van der Waals surface area contributed by atoms with Gasteiger partial charge in [-0.05, 0) is 43.1 Å². The van der Waals surface area contributed by atoms with E-state index in [1.807, 2.05) is 32.1 Å². The van der Waals surface area contributed by atoms with E-state index in [9.17, 15) is 0 Å². The van der Waals surface area contributed by atoms with E-state index in [2.05, 4.69) is 6.08 Å². The molecule has 1 aliphatic rings. The maximum atomic E-state index is 8.42. The number of allylic oxidation sites excluding steroid dienone is 7. The molecule has 0 saturated carbocycles. The average molecular weight is 186 g/mol. The fourth-order valence-electron chi connectivity index (χ4n) is 1.37. The molecule has 1 rings (SSSR count). The van der Waals surface area contributed by atoms with Crippen molar-refractivity contribution in [3.63, 3.8) is 0 Å². The Morgan fingerprint density at radius 3 is 2.86 bits per heavy atom. The SMILES string of the molecule is CC1=CCC(/C=C/C#N)=CC(C)=C1N. The minimum Gasteiger partial charge on any atom is -0.398 e. The first-order valence-electron chi connectivity index (χ1n) is 4.55. The molecule has 14 heavy (non-hydrogen) atoms. The van der Waals surface area contributed by atoms with E-state index in [0.29, 0.717) is 0 Å². The second kappa shape index (κ2) is 4.48. The van der Waals surface area contributed by atoms with E-state index in [1.165, 1.54) is 6.08 Å². The molecule has 0 saturated heterocycles. The van der Waals surface area contributed by atoms with Crippen LogP contribution in [0.5, 0.6) is 0 Å². The minimum atomic E-state index is 0.835. The summed E-state index contributed by atoms with van der Waals surface area (Å²) < 4.78 is 0. The maximum Gasteiger partial charge on any atom is 0.0912 e. The van der Waals surface area contributed by atoms with Crippen molar-refractivity contribution in [3.8, 4) is 6.07 Å². The van der Waals surface area contributed by atoms with E-state index in [4.69, 9.17) is 11.0 Å². The van der Waals surface area contributed by atoms with Gasteiger partial charge < -0.3 is 5.73 Å². The Balaban J connectivity index is 3.02. The van der Waals surface area contributed by atoms with Crippen molar-refractivity contribution in [3.05, 3.63) is 46.7 Å². The highest BCUT2D eigenvalue weighted by Gasteiger charge is 2.03. The number of hydrogen-bond acceptors (Lipinski definition) is 2. The van der Waals surface area contributed by atoms with Crippen LogP contribution in [-0.4, -0.2) is 0 Å². The molecule has 0 aromatic carbocycles. The summed E-state index contributed by atoms with van der Waals surface area (Å²) in [6.45, 7) is 3.99. The Morgan fingerprint density at radius 1 is 1.50 bits per heavy atom. The molecule has 72 valence electrons. The molecule has 0 amide bonds. The van der Waals surface area contributed by atoms with Gasteiger partial charge in [-0.1, -0.05) is 12.2 Å². The summed E-state index contributed by atoms with van der Waals surface area (Å²) >= 11 is 0. The first-order valence-corrected chi connectivity index (χ1v) is 4.55. The third-order valence-corrected chi connectivity index (χ3v) is 2.27. The van der Waals surface area contributed by atoms with Gasteiger partial charge in [0.2, 0.25) is 0 Å². The molecule has 0 fully saturated rings. The maximum absolute atomic E-state index is 8.42. The minimum absolute atomic E-state index is 0.835. The first-order chi connectivity index (χ1) is 6.65. The Bertz CT molecular complexity index is 387. The van der Waals surface area contributed by atoms with Crippen molar-refractivity contribution < 1.29 is 0 Å². The van der Waals surface area contributed by atoms with Crippen molar-refractivity contribution in [1.29, 1.82) is 5.26 Å². The largest absolute Gasteiger partial charge is 0.398 e. The smallest absolute Gasteiger partial charge is 0.0912 e. The molecule has 2 heteroatoms. The Kier molecular flexibility index (Phi) is 3.30. The van der Waals surface area contributed by atoms with Gasteiger partial charge in [-0.15, -0.1) is 0 Å². The molecule has 0 aromatic rings.